The van der Waals surface area contributed by atoms with Crippen molar-refractivity contribution in [3.63, 3.8) is 0 Å². The lowest BCUT2D eigenvalue weighted by atomic mass is 9.67. The van der Waals surface area contributed by atoms with E-state index in [1.807, 2.05) is 48.5 Å². The van der Waals surface area contributed by atoms with Gasteiger partial charge in [-0.1, -0.05) is 53.6 Å². The van der Waals surface area contributed by atoms with Gasteiger partial charge < -0.3 is 5.32 Å². The van der Waals surface area contributed by atoms with E-state index in [2.05, 4.69) is 29.2 Å². The molecule has 0 aliphatic rings. The van der Waals surface area contributed by atoms with Gasteiger partial charge in [-0.3, -0.25) is 4.79 Å². The number of nitrogens with zero attached hydrogens (tertiary/aromatic N) is 3. The van der Waals surface area contributed by atoms with Gasteiger partial charge >= 0.3 is 0 Å². The van der Waals surface area contributed by atoms with Crippen LogP contribution in [-0.2, 0) is 4.79 Å². The molecule has 0 saturated carbocycles. The fourth-order valence-electron chi connectivity index (χ4n) is 2.10. The summed E-state index contributed by atoms with van der Waals surface area (Å²) in [5.41, 5.74) is 7.12. The van der Waals surface area contributed by atoms with Crippen molar-refractivity contribution in [1.29, 1.82) is 0 Å². The maximum atomic E-state index is 12.2. The Bertz CT molecular complexity index is 410. The molecule has 1 amide bonds. The zero-order chi connectivity index (χ0) is 16.4. The third kappa shape index (κ3) is 5.04. The Labute approximate surface area is 123 Å². The lowest BCUT2D eigenvalue weighted by Gasteiger charge is -2.46. The number of azide groups is 1. The molecule has 0 saturated heterocycles. The van der Waals surface area contributed by atoms with Gasteiger partial charge in [0.25, 0.3) is 0 Å². The summed E-state index contributed by atoms with van der Waals surface area (Å²) >= 11 is 0. The molecule has 1 N–H and O–H groups in total. The molecule has 0 aliphatic heterocycles. The molecular formula is C15H30N4O. The maximum absolute atomic E-state index is 12.2. The number of hydrogen-bond acceptors (Lipinski definition) is 2. The summed E-state index contributed by atoms with van der Waals surface area (Å²) < 4.78 is 0. The van der Waals surface area contributed by atoms with Gasteiger partial charge in [0, 0.05) is 21.4 Å². The summed E-state index contributed by atoms with van der Waals surface area (Å²) in [5.74, 6) is 0.0252. The van der Waals surface area contributed by atoms with Crippen molar-refractivity contribution in [3.05, 3.63) is 10.4 Å². The molecular weight excluding hydrogens is 252 g/mol. The molecule has 0 aliphatic carbocycles. The second kappa shape index (κ2) is 5.65. The molecule has 0 atom stereocenters. The van der Waals surface area contributed by atoms with Crippen LogP contribution in [0.15, 0.2) is 5.11 Å². The van der Waals surface area contributed by atoms with E-state index in [-0.39, 0.29) is 11.3 Å². The van der Waals surface area contributed by atoms with Gasteiger partial charge in [-0.2, -0.15) is 0 Å². The highest BCUT2D eigenvalue weighted by Gasteiger charge is 2.42. The highest BCUT2D eigenvalue weighted by Crippen LogP contribution is 2.40. The second-order valence-corrected chi connectivity index (χ2v) is 8.39. The normalized spacial score (nSPS) is 13.7. The molecule has 5 heteroatoms. The Kier molecular flexibility index (Phi) is 5.30. The minimum absolute atomic E-state index is 0.0252. The number of nitrogens with one attached hydrogen (secondary N) is 1. The summed E-state index contributed by atoms with van der Waals surface area (Å²) in [6.45, 7) is 17.7. The predicted octanol–water partition coefficient (Wildman–Crippen LogP) is 4.43. The van der Waals surface area contributed by atoms with Crippen LogP contribution < -0.4 is 5.32 Å². The first-order chi connectivity index (χ1) is 8.65. The Morgan fingerprint density at radius 2 is 1.50 bits per heavy atom. The van der Waals surface area contributed by atoms with Crippen molar-refractivity contribution in [1.82, 2.24) is 5.32 Å². The highest BCUT2D eigenvalue weighted by molar-refractivity contribution is 5.82. The van der Waals surface area contributed by atoms with Crippen LogP contribution in [0.1, 0.15) is 68.7 Å². The smallest absolute Gasteiger partial charge is 0.225 e. The van der Waals surface area contributed by atoms with Crippen LogP contribution in [0.3, 0.4) is 0 Å². The average molecular weight is 282 g/mol. The molecule has 0 aromatic carbocycles. The topological polar surface area (TPSA) is 77.9 Å². The standard InChI is InChI=1S/C15H30N4O/c1-12(2,3)11(20)17-15(8,9)13(4,5)10-14(6,7)18-19-16/h10H2,1-9H3,(H,17,20). The summed E-state index contributed by atoms with van der Waals surface area (Å²) in [6.07, 6.45) is 0.682. The van der Waals surface area contributed by atoms with Gasteiger partial charge in [0.2, 0.25) is 5.91 Å². The first kappa shape index (κ1) is 18.8. The fourth-order valence-corrected chi connectivity index (χ4v) is 2.10. The van der Waals surface area contributed by atoms with Crippen LogP contribution in [0, 0.1) is 10.8 Å². The Morgan fingerprint density at radius 1 is 1.05 bits per heavy atom. The van der Waals surface area contributed by atoms with E-state index in [4.69, 9.17) is 5.53 Å². The molecule has 116 valence electrons. The van der Waals surface area contributed by atoms with Crippen LogP contribution in [0.25, 0.3) is 10.4 Å². The average Bonchev–Trinajstić information content (AvgIpc) is 2.12. The van der Waals surface area contributed by atoms with Crippen LogP contribution >= 0.6 is 0 Å². The monoisotopic (exact) mass is 282 g/mol. The minimum atomic E-state index is -0.484. The lowest BCUT2D eigenvalue weighted by molar-refractivity contribution is -0.131. The van der Waals surface area contributed by atoms with Crippen molar-refractivity contribution in [2.75, 3.05) is 0 Å². The zero-order valence-electron chi connectivity index (χ0n) is 14.5. The number of hydrogen-bond donors (Lipinski definition) is 1. The Hall–Kier alpha value is -1.22. The van der Waals surface area contributed by atoms with Crippen LogP contribution in [0.2, 0.25) is 0 Å². The van der Waals surface area contributed by atoms with Gasteiger partial charge in [-0.25, -0.2) is 0 Å². The molecule has 0 radical (unpaired) electrons. The minimum Gasteiger partial charge on any atom is -0.350 e. The van der Waals surface area contributed by atoms with E-state index in [1.54, 1.807) is 0 Å². The van der Waals surface area contributed by atoms with Gasteiger partial charge in [-0.15, -0.1) is 0 Å². The summed E-state index contributed by atoms with van der Waals surface area (Å²) in [6, 6.07) is 0. The molecule has 0 aromatic rings. The molecule has 0 unspecified atom stereocenters. The lowest BCUT2D eigenvalue weighted by Crippen LogP contribution is -2.57. The van der Waals surface area contributed by atoms with E-state index in [0.29, 0.717) is 6.42 Å². The van der Waals surface area contributed by atoms with Crippen molar-refractivity contribution in [2.24, 2.45) is 15.9 Å². The molecule has 0 spiro atoms. The summed E-state index contributed by atoms with van der Waals surface area (Å²) in [7, 11) is 0. The first-order valence-corrected chi connectivity index (χ1v) is 7.03. The first-order valence-electron chi connectivity index (χ1n) is 7.03. The molecule has 0 aromatic heterocycles. The number of carbonyl (C=O) groups is 1. The number of amides is 1. The van der Waals surface area contributed by atoms with E-state index in [9.17, 15) is 4.79 Å². The molecule has 0 heterocycles. The van der Waals surface area contributed by atoms with E-state index >= 15 is 0 Å². The quantitative estimate of drug-likeness (QED) is 0.452. The number of carbonyl (C=O) groups excluding carboxylic acids is 1. The van der Waals surface area contributed by atoms with Crippen LogP contribution in [0.4, 0.5) is 0 Å². The van der Waals surface area contributed by atoms with Crippen LogP contribution in [-0.4, -0.2) is 17.0 Å². The van der Waals surface area contributed by atoms with Gasteiger partial charge in [0.15, 0.2) is 0 Å². The van der Waals surface area contributed by atoms with Gasteiger partial charge in [0.05, 0.1) is 0 Å². The van der Waals surface area contributed by atoms with Crippen molar-refractivity contribution < 1.29 is 4.79 Å². The number of rotatable bonds is 5. The molecule has 0 fully saturated rings. The predicted molar refractivity (Wildman–Crippen MR) is 83.3 cm³/mol. The Morgan fingerprint density at radius 3 is 1.85 bits per heavy atom. The third-order valence-electron chi connectivity index (χ3n) is 3.99. The van der Waals surface area contributed by atoms with Crippen molar-refractivity contribution in [2.45, 2.75) is 79.8 Å². The molecule has 5 nitrogen and oxygen atoms in total. The summed E-state index contributed by atoms with van der Waals surface area (Å²) in [4.78, 5) is 15.1. The van der Waals surface area contributed by atoms with Crippen molar-refractivity contribution in [3.8, 4) is 0 Å². The molecule has 0 rings (SSSR count). The molecule has 20 heavy (non-hydrogen) atoms. The van der Waals surface area contributed by atoms with Gasteiger partial charge in [-0.05, 0) is 31.2 Å². The largest absolute Gasteiger partial charge is 0.350 e. The van der Waals surface area contributed by atoms with E-state index < -0.39 is 16.5 Å². The third-order valence-corrected chi connectivity index (χ3v) is 3.99. The summed E-state index contributed by atoms with van der Waals surface area (Å²) in [5, 5.41) is 6.98. The maximum Gasteiger partial charge on any atom is 0.225 e. The second-order valence-electron chi connectivity index (χ2n) is 8.39. The Balaban J connectivity index is 5.17. The fraction of sp³-hybridized carbons (Fsp3) is 0.933. The highest BCUT2D eigenvalue weighted by atomic mass is 16.2. The van der Waals surface area contributed by atoms with E-state index in [1.165, 1.54) is 0 Å². The van der Waals surface area contributed by atoms with E-state index in [0.717, 1.165) is 0 Å². The molecule has 0 bridgehead atoms. The van der Waals surface area contributed by atoms with Gasteiger partial charge in [0.1, 0.15) is 0 Å². The van der Waals surface area contributed by atoms with Crippen molar-refractivity contribution >= 4 is 5.91 Å². The zero-order valence-corrected chi connectivity index (χ0v) is 14.5. The van der Waals surface area contributed by atoms with Crippen LogP contribution in [0.5, 0.6) is 0 Å². The SMILES string of the molecule is CC(C)(CC(C)(C)C(C)(C)NC(=O)C(C)(C)C)N=[N+]=[N-].